The van der Waals surface area contributed by atoms with Gasteiger partial charge in [-0.2, -0.15) is 0 Å². The van der Waals surface area contributed by atoms with Crippen LogP contribution in [0.1, 0.15) is 32.9 Å². The molecular weight excluding hydrogens is 652 g/mol. The van der Waals surface area contributed by atoms with Gasteiger partial charge in [0.1, 0.15) is 17.1 Å². The lowest BCUT2D eigenvalue weighted by molar-refractivity contribution is 0.0697. The number of rotatable bonds is 11. The monoisotopic (exact) mass is 682 g/mol. The van der Waals surface area contributed by atoms with Gasteiger partial charge in [0.05, 0.1) is 27.5 Å². The summed E-state index contributed by atoms with van der Waals surface area (Å²) in [5, 5.41) is 25.3. The van der Waals surface area contributed by atoms with Crippen molar-refractivity contribution in [1.82, 2.24) is 14.9 Å². The number of phenolic OH excluding ortho intramolecular Hbond substituents is 1. The third kappa shape index (κ3) is 6.78. The Hall–Kier alpha value is -6.03. The van der Waals surface area contributed by atoms with Crippen LogP contribution in [-0.4, -0.2) is 31.1 Å². The number of hydrogen-bond acceptors (Lipinski definition) is 8. The molecule has 0 radical (unpaired) electrons. The molecule has 7 rings (SSSR count). The molecule has 10 heteroatoms. The van der Waals surface area contributed by atoms with Gasteiger partial charge in [-0.3, -0.25) is 19.7 Å². The average molecular weight is 683 g/mol. The Morgan fingerprint density at radius 1 is 0.800 bits per heavy atom. The fourth-order valence-corrected chi connectivity index (χ4v) is 6.38. The zero-order valence-electron chi connectivity index (χ0n) is 26.7. The lowest BCUT2D eigenvalue weighted by Crippen LogP contribution is -2.24. The number of carboxylic acid groups (broad SMARTS) is 1. The Morgan fingerprint density at radius 2 is 1.48 bits per heavy atom. The summed E-state index contributed by atoms with van der Waals surface area (Å²) in [6.45, 7) is 1.95. The van der Waals surface area contributed by atoms with Crippen LogP contribution in [0.2, 0.25) is 5.02 Å². The van der Waals surface area contributed by atoms with Crippen molar-refractivity contribution in [1.29, 1.82) is 0 Å². The van der Waals surface area contributed by atoms with Gasteiger partial charge >= 0.3 is 5.97 Å². The molecule has 0 saturated carbocycles. The molecular formula is C40H31ClN4O5. The standard InChI is InChI=1S/C40H31ClN4O5/c41-33-19-31-37(20-36(33)47)50-39-30(38(31)28-12-2-3-13-29(28)40(48)49)15-16-35(46)32(39)21-44-34-14-4-1-9-25(34)22-45(23-26-10-5-7-17-42-26)24-27-11-6-8-18-43-27/h1-20,44,46H,21-24H2,(H,48,49). The molecule has 0 saturated heterocycles. The molecule has 0 unspecified atom stereocenters. The van der Waals surface area contributed by atoms with E-state index < -0.39 is 11.4 Å². The normalized spacial score (nSPS) is 11.3. The SMILES string of the molecule is O=C(O)c1ccccc1-c1c2cc(Cl)c(=O)cc-2oc2c(CNc3ccccc3CN(Cc3ccccn3)Cc3ccccn3)c(O)ccc12. The molecule has 1 aliphatic heterocycles. The minimum Gasteiger partial charge on any atom is -0.507 e. The van der Waals surface area contributed by atoms with Crippen molar-refractivity contribution in [3.63, 3.8) is 0 Å². The number of halogens is 1. The Bertz CT molecular complexity index is 2310. The van der Waals surface area contributed by atoms with Crippen molar-refractivity contribution >= 4 is 34.2 Å². The van der Waals surface area contributed by atoms with Crippen LogP contribution in [0, 0.1) is 0 Å². The van der Waals surface area contributed by atoms with Gasteiger partial charge in [-0.25, -0.2) is 4.79 Å². The van der Waals surface area contributed by atoms with E-state index in [4.69, 9.17) is 16.0 Å². The molecule has 0 atom stereocenters. The van der Waals surface area contributed by atoms with E-state index in [-0.39, 0.29) is 28.6 Å². The molecule has 248 valence electrons. The predicted octanol–water partition coefficient (Wildman–Crippen LogP) is 8.23. The maximum Gasteiger partial charge on any atom is 0.336 e. The van der Waals surface area contributed by atoms with Crippen molar-refractivity contribution in [2.24, 2.45) is 0 Å². The van der Waals surface area contributed by atoms with Gasteiger partial charge in [-0.1, -0.05) is 60.1 Å². The maximum absolute atomic E-state index is 12.7. The number of aromatic carboxylic acids is 1. The minimum absolute atomic E-state index is 0.0153. The van der Waals surface area contributed by atoms with Gasteiger partial charge in [0.25, 0.3) is 0 Å². The van der Waals surface area contributed by atoms with E-state index in [1.807, 2.05) is 60.7 Å². The molecule has 5 aromatic rings. The number of nitrogens with zero attached hydrogens (tertiary/aromatic N) is 3. The number of aromatic hydroxyl groups is 1. The van der Waals surface area contributed by atoms with E-state index in [1.54, 1.807) is 42.7 Å². The van der Waals surface area contributed by atoms with Gasteiger partial charge in [0.2, 0.25) is 5.43 Å². The van der Waals surface area contributed by atoms with Crippen LogP contribution in [-0.2, 0) is 26.2 Å². The number of anilines is 1. The molecule has 3 N–H and O–H groups in total. The largest absolute Gasteiger partial charge is 0.507 e. The van der Waals surface area contributed by atoms with Gasteiger partial charge < -0.3 is 19.9 Å². The van der Waals surface area contributed by atoms with Gasteiger partial charge in [0, 0.05) is 66.8 Å². The van der Waals surface area contributed by atoms with Crippen LogP contribution in [0.5, 0.6) is 5.75 Å². The van der Waals surface area contributed by atoms with E-state index in [1.165, 1.54) is 18.2 Å². The fraction of sp³-hybridized carbons (Fsp3) is 0.100. The van der Waals surface area contributed by atoms with Gasteiger partial charge in [-0.15, -0.1) is 0 Å². The molecule has 0 fully saturated rings. The second kappa shape index (κ2) is 14.2. The van der Waals surface area contributed by atoms with E-state index in [2.05, 4.69) is 20.2 Å². The van der Waals surface area contributed by atoms with Crippen molar-refractivity contribution in [3.8, 4) is 28.2 Å². The van der Waals surface area contributed by atoms with E-state index in [9.17, 15) is 19.8 Å². The molecule has 3 aromatic carbocycles. The summed E-state index contributed by atoms with van der Waals surface area (Å²) in [5.41, 5.74) is 5.56. The summed E-state index contributed by atoms with van der Waals surface area (Å²) in [6, 6.07) is 32.3. The number of carbonyl (C=O) groups is 1. The molecule has 2 aromatic heterocycles. The highest BCUT2D eigenvalue weighted by molar-refractivity contribution is 6.31. The van der Waals surface area contributed by atoms with Crippen LogP contribution in [0.4, 0.5) is 5.69 Å². The zero-order chi connectivity index (χ0) is 34.6. The smallest absolute Gasteiger partial charge is 0.336 e. The molecule has 0 spiro atoms. The van der Waals surface area contributed by atoms with Crippen LogP contribution < -0.4 is 10.7 Å². The highest BCUT2D eigenvalue weighted by Gasteiger charge is 2.25. The first-order chi connectivity index (χ1) is 24.4. The van der Waals surface area contributed by atoms with Gasteiger partial charge in [-0.05, 0) is 65.7 Å². The highest BCUT2D eigenvalue weighted by atomic mass is 35.5. The first-order valence-electron chi connectivity index (χ1n) is 15.9. The number of hydrogen-bond donors (Lipinski definition) is 3. The zero-order valence-corrected chi connectivity index (χ0v) is 27.5. The highest BCUT2D eigenvalue weighted by Crippen LogP contribution is 2.44. The molecule has 0 bridgehead atoms. The third-order valence-corrected chi connectivity index (χ3v) is 8.83. The van der Waals surface area contributed by atoms with Crippen molar-refractivity contribution in [2.45, 2.75) is 26.2 Å². The predicted molar refractivity (Wildman–Crippen MR) is 193 cm³/mol. The number of fused-ring (bicyclic) bond motifs is 2. The van der Waals surface area contributed by atoms with Crippen molar-refractivity contribution < 1.29 is 19.4 Å². The number of phenols is 1. The summed E-state index contributed by atoms with van der Waals surface area (Å²) in [5.74, 6) is -0.910. The Kier molecular flexibility index (Phi) is 9.24. The number of carboxylic acids is 1. The second-order valence-corrected chi connectivity index (χ2v) is 12.3. The molecule has 2 aliphatic rings. The molecule has 3 heterocycles. The maximum atomic E-state index is 12.7. The van der Waals surface area contributed by atoms with Crippen molar-refractivity contribution in [2.75, 3.05) is 5.32 Å². The Morgan fingerprint density at radius 3 is 2.18 bits per heavy atom. The topological polar surface area (TPSA) is 129 Å². The quantitative estimate of drug-likeness (QED) is 0.116. The first kappa shape index (κ1) is 32.5. The summed E-state index contributed by atoms with van der Waals surface area (Å²) in [6.07, 6.45) is 3.57. The number of para-hydroxylation sites is 1. The lowest BCUT2D eigenvalue weighted by Gasteiger charge is -2.24. The Labute approximate surface area is 292 Å². The number of benzene rings is 4. The molecule has 0 amide bonds. The lowest BCUT2D eigenvalue weighted by atomic mass is 9.90. The number of aromatic nitrogens is 2. The summed E-state index contributed by atoms with van der Waals surface area (Å²) in [4.78, 5) is 36.3. The summed E-state index contributed by atoms with van der Waals surface area (Å²) < 4.78 is 6.34. The average Bonchev–Trinajstić information content (AvgIpc) is 3.12. The first-order valence-corrected chi connectivity index (χ1v) is 16.3. The molecule has 50 heavy (non-hydrogen) atoms. The molecule has 9 nitrogen and oxygen atoms in total. The van der Waals surface area contributed by atoms with E-state index >= 15 is 0 Å². The summed E-state index contributed by atoms with van der Waals surface area (Å²) >= 11 is 6.29. The minimum atomic E-state index is -1.10. The van der Waals surface area contributed by atoms with Crippen LogP contribution in [0.3, 0.4) is 0 Å². The molecule has 1 aliphatic carbocycles. The number of pyridine rings is 2. The van der Waals surface area contributed by atoms with Crippen LogP contribution in [0.25, 0.3) is 33.4 Å². The van der Waals surface area contributed by atoms with E-state index in [0.717, 1.165) is 22.6 Å². The Balaban J connectivity index is 1.28. The number of nitrogens with one attached hydrogen (secondary N) is 1. The second-order valence-electron chi connectivity index (χ2n) is 11.8. The third-order valence-electron chi connectivity index (χ3n) is 8.54. The van der Waals surface area contributed by atoms with Gasteiger partial charge in [0.15, 0.2) is 0 Å². The van der Waals surface area contributed by atoms with Crippen molar-refractivity contribution in [3.05, 3.63) is 165 Å². The van der Waals surface area contributed by atoms with Crippen LogP contribution >= 0.6 is 11.6 Å². The summed E-state index contributed by atoms with van der Waals surface area (Å²) in [7, 11) is 0. The van der Waals surface area contributed by atoms with E-state index in [0.29, 0.717) is 52.9 Å². The fourth-order valence-electron chi connectivity index (χ4n) is 6.21. The van der Waals surface area contributed by atoms with Crippen LogP contribution in [0.15, 0.2) is 131 Å².